The van der Waals surface area contributed by atoms with Gasteiger partial charge in [0.1, 0.15) is 5.82 Å². The second kappa shape index (κ2) is 9.08. The van der Waals surface area contributed by atoms with Crippen LogP contribution >= 0.6 is 11.6 Å². The Hall–Kier alpha value is -1.17. The van der Waals surface area contributed by atoms with Gasteiger partial charge in [-0.1, -0.05) is 11.6 Å². The molecule has 2 rings (SSSR count). The number of ether oxygens (including phenoxy) is 1. The molecule has 1 fully saturated rings. The molecule has 122 valence electrons. The van der Waals surface area contributed by atoms with Crippen LogP contribution in [0, 0.1) is 5.92 Å². The van der Waals surface area contributed by atoms with E-state index in [-0.39, 0.29) is 11.8 Å². The van der Waals surface area contributed by atoms with E-state index < -0.39 is 0 Å². The SMILES string of the molecule is COCCCCN1CCC[C@H](C(=O)Nc2ccc(Cl)cn2)C1. The topological polar surface area (TPSA) is 54.5 Å². The fourth-order valence-corrected chi connectivity index (χ4v) is 2.84. The summed E-state index contributed by atoms with van der Waals surface area (Å²) in [6, 6.07) is 3.46. The predicted molar refractivity (Wildman–Crippen MR) is 88.2 cm³/mol. The fraction of sp³-hybridized carbons (Fsp3) is 0.625. The lowest BCUT2D eigenvalue weighted by molar-refractivity contribution is -0.121. The molecular formula is C16H24ClN3O2. The number of piperidine rings is 1. The van der Waals surface area contributed by atoms with E-state index in [1.165, 1.54) is 0 Å². The molecule has 5 nitrogen and oxygen atoms in total. The van der Waals surface area contributed by atoms with Crippen LogP contribution in [0.5, 0.6) is 0 Å². The van der Waals surface area contributed by atoms with E-state index in [1.807, 2.05) is 0 Å². The van der Waals surface area contributed by atoms with Gasteiger partial charge in [0, 0.05) is 26.5 Å². The molecule has 22 heavy (non-hydrogen) atoms. The normalized spacial score (nSPS) is 19.1. The summed E-state index contributed by atoms with van der Waals surface area (Å²) in [5, 5.41) is 3.45. The monoisotopic (exact) mass is 325 g/mol. The van der Waals surface area contributed by atoms with Crippen molar-refractivity contribution in [1.82, 2.24) is 9.88 Å². The number of likely N-dealkylation sites (tertiary alicyclic amines) is 1. The van der Waals surface area contributed by atoms with E-state index in [0.29, 0.717) is 10.8 Å². The molecular weight excluding hydrogens is 302 g/mol. The van der Waals surface area contributed by atoms with E-state index in [4.69, 9.17) is 16.3 Å². The van der Waals surface area contributed by atoms with E-state index >= 15 is 0 Å². The van der Waals surface area contributed by atoms with Crippen LogP contribution in [0.25, 0.3) is 0 Å². The lowest BCUT2D eigenvalue weighted by Gasteiger charge is -2.31. The fourth-order valence-electron chi connectivity index (χ4n) is 2.73. The number of nitrogens with zero attached hydrogens (tertiary/aromatic N) is 2. The summed E-state index contributed by atoms with van der Waals surface area (Å²) in [6.45, 7) is 3.74. The number of pyridine rings is 1. The Kier molecular flexibility index (Phi) is 7.09. The number of carbonyl (C=O) groups is 1. The number of aromatic nitrogens is 1. The van der Waals surface area contributed by atoms with Crippen molar-refractivity contribution < 1.29 is 9.53 Å². The number of hydrogen-bond acceptors (Lipinski definition) is 4. The van der Waals surface area contributed by atoms with Gasteiger partial charge in [-0.15, -0.1) is 0 Å². The van der Waals surface area contributed by atoms with Gasteiger partial charge in [-0.3, -0.25) is 4.79 Å². The minimum Gasteiger partial charge on any atom is -0.385 e. The third kappa shape index (κ3) is 5.55. The summed E-state index contributed by atoms with van der Waals surface area (Å²) in [7, 11) is 1.73. The van der Waals surface area contributed by atoms with Crippen molar-refractivity contribution in [2.75, 3.05) is 38.7 Å². The Morgan fingerprint density at radius 3 is 3.09 bits per heavy atom. The van der Waals surface area contributed by atoms with Crippen molar-refractivity contribution in [2.24, 2.45) is 5.92 Å². The van der Waals surface area contributed by atoms with E-state index in [0.717, 1.165) is 51.9 Å². The molecule has 1 atom stereocenters. The second-order valence-electron chi connectivity index (χ2n) is 5.69. The molecule has 1 N–H and O–H groups in total. The number of nitrogens with one attached hydrogen (secondary N) is 1. The van der Waals surface area contributed by atoms with E-state index in [1.54, 1.807) is 25.4 Å². The molecule has 1 amide bonds. The minimum absolute atomic E-state index is 0.0358. The number of halogens is 1. The molecule has 0 spiro atoms. The van der Waals surface area contributed by atoms with Crippen molar-refractivity contribution >= 4 is 23.3 Å². The lowest BCUT2D eigenvalue weighted by atomic mass is 9.97. The predicted octanol–water partition coefficient (Wildman–Crippen LogP) is 2.81. The molecule has 1 aliphatic heterocycles. The summed E-state index contributed by atoms with van der Waals surface area (Å²) in [5.41, 5.74) is 0. The van der Waals surface area contributed by atoms with Crippen LogP contribution in [-0.2, 0) is 9.53 Å². The van der Waals surface area contributed by atoms with Crippen molar-refractivity contribution in [3.63, 3.8) is 0 Å². The van der Waals surface area contributed by atoms with Crippen molar-refractivity contribution in [1.29, 1.82) is 0 Å². The molecule has 1 saturated heterocycles. The molecule has 0 bridgehead atoms. The number of anilines is 1. The average molecular weight is 326 g/mol. The quantitative estimate of drug-likeness (QED) is 0.783. The first-order valence-corrected chi connectivity index (χ1v) is 8.20. The Morgan fingerprint density at radius 1 is 1.50 bits per heavy atom. The summed E-state index contributed by atoms with van der Waals surface area (Å²) < 4.78 is 5.07. The van der Waals surface area contributed by atoms with Gasteiger partial charge in [0.15, 0.2) is 0 Å². The van der Waals surface area contributed by atoms with Gasteiger partial charge < -0.3 is 15.0 Å². The third-order valence-corrected chi connectivity index (χ3v) is 4.15. The van der Waals surface area contributed by atoms with E-state index in [2.05, 4.69) is 15.2 Å². The number of unbranched alkanes of at least 4 members (excludes halogenated alkanes) is 1. The maximum atomic E-state index is 12.3. The van der Waals surface area contributed by atoms with Crippen LogP contribution in [0.3, 0.4) is 0 Å². The molecule has 0 saturated carbocycles. The molecule has 0 radical (unpaired) electrons. The van der Waals surface area contributed by atoms with Gasteiger partial charge in [-0.05, 0) is 50.9 Å². The molecule has 0 unspecified atom stereocenters. The molecule has 2 heterocycles. The molecule has 1 aromatic rings. The van der Waals surface area contributed by atoms with Gasteiger partial charge in [-0.2, -0.15) is 0 Å². The summed E-state index contributed by atoms with van der Waals surface area (Å²) >= 11 is 5.80. The Bertz CT molecular complexity index is 467. The van der Waals surface area contributed by atoms with Crippen LogP contribution < -0.4 is 5.32 Å². The zero-order valence-corrected chi connectivity index (χ0v) is 13.8. The first-order chi connectivity index (χ1) is 10.7. The minimum atomic E-state index is 0.0358. The van der Waals surface area contributed by atoms with Crippen LogP contribution in [0.2, 0.25) is 5.02 Å². The van der Waals surface area contributed by atoms with Crippen LogP contribution in [0.15, 0.2) is 18.3 Å². The standard InChI is InChI=1S/C16H24ClN3O2/c1-22-10-3-2-8-20-9-4-5-13(12-20)16(21)19-15-7-6-14(17)11-18-15/h6-7,11,13H,2-5,8-10,12H2,1H3,(H,18,19,21)/t13-/m0/s1. The van der Waals surface area contributed by atoms with Crippen LogP contribution in [-0.4, -0.2) is 49.1 Å². The van der Waals surface area contributed by atoms with Gasteiger partial charge in [0.05, 0.1) is 10.9 Å². The number of rotatable bonds is 7. The highest BCUT2D eigenvalue weighted by atomic mass is 35.5. The first kappa shape index (κ1) is 17.2. The molecule has 1 aromatic heterocycles. The molecule has 1 aliphatic rings. The van der Waals surface area contributed by atoms with Crippen LogP contribution in [0.4, 0.5) is 5.82 Å². The average Bonchev–Trinajstić information content (AvgIpc) is 2.54. The van der Waals surface area contributed by atoms with Gasteiger partial charge in [-0.25, -0.2) is 4.98 Å². The summed E-state index contributed by atoms with van der Waals surface area (Å²) in [6.07, 6.45) is 5.73. The zero-order valence-electron chi connectivity index (χ0n) is 13.1. The molecule has 6 heteroatoms. The Labute approximate surface area is 137 Å². The smallest absolute Gasteiger partial charge is 0.229 e. The highest BCUT2D eigenvalue weighted by Crippen LogP contribution is 2.19. The Morgan fingerprint density at radius 2 is 2.36 bits per heavy atom. The number of amides is 1. The molecule has 0 aliphatic carbocycles. The van der Waals surface area contributed by atoms with Crippen molar-refractivity contribution in [3.8, 4) is 0 Å². The summed E-state index contributed by atoms with van der Waals surface area (Å²) in [4.78, 5) is 18.8. The highest BCUT2D eigenvalue weighted by molar-refractivity contribution is 6.30. The third-order valence-electron chi connectivity index (χ3n) is 3.93. The lowest BCUT2D eigenvalue weighted by Crippen LogP contribution is -2.41. The van der Waals surface area contributed by atoms with Crippen molar-refractivity contribution in [3.05, 3.63) is 23.4 Å². The number of methoxy groups -OCH3 is 1. The van der Waals surface area contributed by atoms with Gasteiger partial charge in [0.25, 0.3) is 0 Å². The number of hydrogen-bond donors (Lipinski definition) is 1. The molecule has 0 aromatic carbocycles. The largest absolute Gasteiger partial charge is 0.385 e. The highest BCUT2D eigenvalue weighted by Gasteiger charge is 2.25. The first-order valence-electron chi connectivity index (χ1n) is 7.83. The van der Waals surface area contributed by atoms with Crippen molar-refractivity contribution in [2.45, 2.75) is 25.7 Å². The van der Waals surface area contributed by atoms with Gasteiger partial charge >= 0.3 is 0 Å². The number of carbonyl (C=O) groups excluding carboxylic acids is 1. The van der Waals surface area contributed by atoms with E-state index in [9.17, 15) is 4.79 Å². The van der Waals surface area contributed by atoms with Gasteiger partial charge in [0.2, 0.25) is 5.91 Å². The van der Waals surface area contributed by atoms with Crippen LogP contribution in [0.1, 0.15) is 25.7 Å². The zero-order chi connectivity index (χ0) is 15.8. The maximum Gasteiger partial charge on any atom is 0.229 e. The summed E-state index contributed by atoms with van der Waals surface area (Å²) in [5.74, 6) is 0.650. The second-order valence-corrected chi connectivity index (χ2v) is 6.13. The maximum absolute atomic E-state index is 12.3. The Balaban J connectivity index is 1.78.